The number of Topliss-reactive ketones (excluding diaryl/α,β-unsaturated/α-hetero) is 1. The lowest BCUT2D eigenvalue weighted by molar-refractivity contribution is -0.385. The number of hydrogen-bond donors (Lipinski definition) is 1. The Bertz CT molecular complexity index is 447. The normalized spacial score (nSPS) is 9.88. The highest BCUT2D eigenvalue weighted by Crippen LogP contribution is 2.33. The summed E-state index contributed by atoms with van der Waals surface area (Å²) in [6.45, 7) is 0. The van der Waals surface area contributed by atoms with E-state index in [9.17, 15) is 14.9 Å². The molecule has 0 radical (unpaired) electrons. The molecule has 0 unspecified atom stereocenters. The van der Waals surface area contributed by atoms with Crippen LogP contribution in [0.5, 0.6) is 5.75 Å². The van der Waals surface area contributed by atoms with Crippen molar-refractivity contribution in [2.24, 2.45) is 0 Å². The first kappa shape index (κ1) is 12.3. The molecule has 6 nitrogen and oxygen atoms in total. The third-order valence-electron chi connectivity index (χ3n) is 1.91. The van der Waals surface area contributed by atoms with Crippen LogP contribution in [-0.2, 0) is 0 Å². The summed E-state index contributed by atoms with van der Waals surface area (Å²) in [6, 6.07) is 2.43. The van der Waals surface area contributed by atoms with Crippen LogP contribution in [0, 0.1) is 10.1 Å². The third-order valence-corrected chi connectivity index (χ3v) is 2.16. The van der Waals surface area contributed by atoms with E-state index in [0.29, 0.717) is 0 Å². The van der Waals surface area contributed by atoms with Crippen molar-refractivity contribution in [3.8, 4) is 5.75 Å². The van der Waals surface area contributed by atoms with Crippen molar-refractivity contribution >= 4 is 28.8 Å². The van der Waals surface area contributed by atoms with Crippen LogP contribution in [0.3, 0.4) is 0 Å². The minimum atomic E-state index is -0.666. The van der Waals surface area contributed by atoms with E-state index < -0.39 is 10.7 Å². The number of carbonyl (C=O) groups excluding carboxylic acids is 1. The predicted octanol–water partition coefficient (Wildman–Crippen LogP) is 1.61. The van der Waals surface area contributed by atoms with Gasteiger partial charge in [-0.2, -0.15) is 0 Å². The zero-order chi connectivity index (χ0) is 12.3. The Morgan fingerprint density at radius 1 is 1.62 bits per heavy atom. The van der Waals surface area contributed by atoms with Gasteiger partial charge in [0.1, 0.15) is 0 Å². The highest BCUT2D eigenvalue weighted by molar-refractivity contribution is 6.31. The van der Waals surface area contributed by atoms with Crippen LogP contribution in [0.1, 0.15) is 10.4 Å². The van der Waals surface area contributed by atoms with E-state index in [-0.39, 0.29) is 28.6 Å². The number of nitrogen functional groups attached to an aromatic ring is 1. The average Bonchev–Trinajstić information content (AvgIpc) is 2.26. The number of rotatable bonds is 4. The molecule has 0 fully saturated rings. The van der Waals surface area contributed by atoms with Gasteiger partial charge in [-0.25, -0.2) is 0 Å². The van der Waals surface area contributed by atoms with Gasteiger partial charge in [-0.1, -0.05) is 0 Å². The quantitative estimate of drug-likeness (QED) is 0.285. The number of nitrogens with zero attached hydrogens (tertiary/aromatic N) is 1. The molecule has 0 aromatic heterocycles. The summed E-state index contributed by atoms with van der Waals surface area (Å²) in [7, 11) is 1.24. The summed E-state index contributed by atoms with van der Waals surface area (Å²) in [4.78, 5) is 21.5. The molecule has 1 aromatic carbocycles. The lowest BCUT2D eigenvalue weighted by Crippen LogP contribution is -2.07. The molecule has 0 spiro atoms. The van der Waals surface area contributed by atoms with Crippen molar-refractivity contribution in [1.82, 2.24) is 0 Å². The highest BCUT2D eigenvalue weighted by atomic mass is 35.5. The summed E-state index contributed by atoms with van der Waals surface area (Å²) >= 11 is 5.38. The Balaban J connectivity index is 3.48. The zero-order valence-corrected chi connectivity index (χ0v) is 9.15. The van der Waals surface area contributed by atoms with Crippen molar-refractivity contribution < 1.29 is 14.5 Å². The first-order valence-corrected chi connectivity index (χ1v) is 4.75. The molecule has 0 aliphatic rings. The molecular weight excluding hydrogens is 236 g/mol. The molecule has 0 bridgehead atoms. The Morgan fingerprint density at radius 3 is 2.69 bits per heavy atom. The smallest absolute Gasteiger partial charge is 0.313 e. The minimum absolute atomic E-state index is 0.0178. The molecule has 7 heteroatoms. The number of nitro benzene ring substituents is 1. The van der Waals surface area contributed by atoms with Crippen molar-refractivity contribution in [3.63, 3.8) is 0 Å². The van der Waals surface area contributed by atoms with Crippen LogP contribution in [0.15, 0.2) is 12.1 Å². The molecule has 86 valence electrons. The summed E-state index contributed by atoms with van der Waals surface area (Å²) in [5.74, 6) is -0.893. The topological polar surface area (TPSA) is 95.5 Å². The van der Waals surface area contributed by atoms with Crippen LogP contribution >= 0.6 is 11.6 Å². The second-order valence-corrected chi connectivity index (χ2v) is 3.20. The zero-order valence-electron chi connectivity index (χ0n) is 8.40. The number of ether oxygens (including phenoxy) is 1. The molecule has 1 aromatic rings. The van der Waals surface area contributed by atoms with Gasteiger partial charge in [0.2, 0.25) is 5.75 Å². The Hall–Kier alpha value is -1.82. The summed E-state index contributed by atoms with van der Waals surface area (Å²) in [5, 5.41) is 10.7. The number of anilines is 1. The van der Waals surface area contributed by atoms with Crippen LogP contribution in [0.4, 0.5) is 11.4 Å². The van der Waals surface area contributed by atoms with Gasteiger partial charge in [-0.15, -0.1) is 11.6 Å². The molecular formula is C9H9ClN2O4. The van der Waals surface area contributed by atoms with Crippen LogP contribution in [0.2, 0.25) is 0 Å². The van der Waals surface area contributed by atoms with E-state index in [2.05, 4.69) is 0 Å². The van der Waals surface area contributed by atoms with Crippen LogP contribution < -0.4 is 10.5 Å². The van der Waals surface area contributed by atoms with Crippen LogP contribution in [-0.4, -0.2) is 23.7 Å². The number of benzene rings is 1. The Morgan fingerprint density at radius 2 is 2.25 bits per heavy atom. The monoisotopic (exact) mass is 244 g/mol. The van der Waals surface area contributed by atoms with Crippen molar-refractivity contribution in [2.45, 2.75) is 0 Å². The third kappa shape index (κ3) is 2.22. The number of nitro groups is 1. The van der Waals surface area contributed by atoms with Gasteiger partial charge in [0.05, 0.1) is 23.5 Å². The summed E-state index contributed by atoms with van der Waals surface area (Å²) in [6.07, 6.45) is 0. The Kier molecular flexibility index (Phi) is 3.68. The molecule has 0 heterocycles. The molecule has 1 rings (SSSR count). The van der Waals surface area contributed by atoms with Crippen LogP contribution in [0.25, 0.3) is 0 Å². The average molecular weight is 245 g/mol. The second kappa shape index (κ2) is 4.80. The number of halogens is 1. The molecule has 0 saturated carbocycles. The summed E-state index contributed by atoms with van der Waals surface area (Å²) < 4.78 is 4.84. The molecule has 0 amide bonds. The van der Waals surface area contributed by atoms with E-state index >= 15 is 0 Å². The van der Waals surface area contributed by atoms with E-state index in [4.69, 9.17) is 22.1 Å². The van der Waals surface area contributed by atoms with Gasteiger partial charge >= 0.3 is 5.69 Å². The van der Waals surface area contributed by atoms with Gasteiger partial charge in [0, 0.05) is 11.8 Å². The molecule has 0 aliphatic heterocycles. The first-order valence-electron chi connectivity index (χ1n) is 4.22. The molecule has 16 heavy (non-hydrogen) atoms. The van der Waals surface area contributed by atoms with Gasteiger partial charge in [0.15, 0.2) is 5.78 Å². The lowest BCUT2D eigenvalue weighted by atomic mass is 10.1. The minimum Gasteiger partial charge on any atom is -0.490 e. The first-order chi connectivity index (χ1) is 7.51. The number of methoxy groups -OCH3 is 1. The number of hydrogen-bond acceptors (Lipinski definition) is 5. The van der Waals surface area contributed by atoms with E-state index in [1.54, 1.807) is 0 Å². The Labute approximate surface area is 96.1 Å². The highest BCUT2D eigenvalue weighted by Gasteiger charge is 2.23. The van der Waals surface area contributed by atoms with Gasteiger partial charge in [0.25, 0.3) is 0 Å². The fourth-order valence-electron chi connectivity index (χ4n) is 1.26. The molecule has 0 aliphatic carbocycles. The van der Waals surface area contributed by atoms with Crippen molar-refractivity contribution in [2.75, 3.05) is 18.7 Å². The molecule has 0 atom stereocenters. The number of nitrogens with two attached hydrogens (primary N) is 1. The van der Waals surface area contributed by atoms with Crippen molar-refractivity contribution in [3.05, 3.63) is 27.8 Å². The lowest BCUT2D eigenvalue weighted by Gasteiger charge is -2.07. The van der Waals surface area contributed by atoms with E-state index in [1.807, 2.05) is 0 Å². The maximum Gasteiger partial charge on any atom is 0.313 e. The molecule has 0 saturated heterocycles. The maximum atomic E-state index is 11.4. The standard InChI is InChI=1S/C9H9ClN2O4/c1-16-9-6(8(13)4-10)2-5(11)3-7(9)12(14)15/h2-3H,4,11H2,1H3. The van der Waals surface area contributed by atoms with E-state index in [0.717, 1.165) is 6.07 Å². The molecule has 2 N–H and O–H groups in total. The fourth-order valence-corrected chi connectivity index (χ4v) is 1.41. The largest absolute Gasteiger partial charge is 0.490 e. The van der Waals surface area contributed by atoms with Gasteiger partial charge in [-0.3, -0.25) is 14.9 Å². The van der Waals surface area contributed by atoms with Gasteiger partial charge in [-0.05, 0) is 6.07 Å². The second-order valence-electron chi connectivity index (χ2n) is 2.93. The van der Waals surface area contributed by atoms with Crippen molar-refractivity contribution in [1.29, 1.82) is 0 Å². The SMILES string of the molecule is COc1c(C(=O)CCl)cc(N)cc1[N+](=O)[O-]. The van der Waals surface area contributed by atoms with Gasteiger partial charge < -0.3 is 10.5 Å². The number of ketones is 1. The predicted molar refractivity (Wildman–Crippen MR) is 59.1 cm³/mol. The number of alkyl halides is 1. The number of carbonyl (C=O) groups is 1. The van der Waals surface area contributed by atoms with E-state index in [1.165, 1.54) is 13.2 Å². The fraction of sp³-hybridized carbons (Fsp3) is 0.222. The maximum absolute atomic E-state index is 11.4. The summed E-state index contributed by atoms with van der Waals surface area (Å²) in [5.41, 5.74) is 5.24.